The third kappa shape index (κ3) is 7.20. The molecule has 6 fully saturated rings. The fourth-order valence-electron chi connectivity index (χ4n) is 13.4. The van der Waals surface area contributed by atoms with Gasteiger partial charge in [0.25, 0.3) is 0 Å². The minimum Gasteiger partial charge on any atom is -0.394 e. The number of aliphatic hydroxyl groups is 9. The molecule has 9 N–H and O–H groups in total. The molecule has 13 nitrogen and oxygen atoms in total. The van der Waals surface area contributed by atoms with E-state index in [1.54, 1.807) is 0 Å². The molecule has 0 aromatic heterocycles. The van der Waals surface area contributed by atoms with Gasteiger partial charge in [-0.3, -0.25) is 0 Å². The smallest absolute Gasteiger partial charge is 0.187 e. The highest BCUT2D eigenvalue weighted by Crippen LogP contribution is 2.76. The predicted molar refractivity (Wildman–Crippen MR) is 201 cm³/mol. The topological polar surface area (TPSA) is 219 Å². The highest BCUT2D eigenvalue weighted by molar-refractivity contribution is 5.21. The van der Waals surface area contributed by atoms with Crippen LogP contribution in [-0.4, -0.2) is 139 Å². The molecule has 0 bridgehead atoms. The summed E-state index contributed by atoms with van der Waals surface area (Å²) in [5, 5.41) is 98.2. The van der Waals surface area contributed by atoms with E-state index in [0.717, 1.165) is 32.1 Å². The van der Waals surface area contributed by atoms with Gasteiger partial charge in [0.05, 0.1) is 31.5 Å². The Balaban J connectivity index is 1.37. The molecule has 55 heavy (non-hydrogen) atoms. The molecular formula is C42H72O13. The Hall–Kier alpha value is -0.780. The largest absolute Gasteiger partial charge is 0.394 e. The van der Waals surface area contributed by atoms with E-state index in [4.69, 9.17) is 18.9 Å². The van der Waals surface area contributed by atoms with Crippen molar-refractivity contribution in [2.75, 3.05) is 13.2 Å². The fourth-order valence-corrected chi connectivity index (χ4v) is 13.4. The molecule has 0 radical (unpaired) electrons. The summed E-state index contributed by atoms with van der Waals surface area (Å²) in [5.74, 6) is 0.737. The van der Waals surface area contributed by atoms with Crippen LogP contribution in [0.4, 0.5) is 0 Å². The van der Waals surface area contributed by atoms with Crippen molar-refractivity contribution < 1.29 is 64.9 Å². The number of allylic oxidation sites excluding steroid dienone is 2. The molecule has 0 spiro atoms. The maximum absolute atomic E-state index is 12.3. The van der Waals surface area contributed by atoms with Gasteiger partial charge in [0.15, 0.2) is 12.6 Å². The molecule has 4 aliphatic carbocycles. The van der Waals surface area contributed by atoms with Crippen molar-refractivity contribution in [1.29, 1.82) is 0 Å². The van der Waals surface area contributed by atoms with Gasteiger partial charge >= 0.3 is 0 Å². The van der Waals surface area contributed by atoms with Crippen molar-refractivity contribution in [3.8, 4) is 0 Å². The summed E-state index contributed by atoms with van der Waals surface area (Å²) in [6, 6.07) is 0. The third-order valence-electron chi connectivity index (χ3n) is 16.5. The normalized spacial score (nSPS) is 52.8. The van der Waals surface area contributed by atoms with Crippen LogP contribution in [0, 0.1) is 51.2 Å². The zero-order valence-electron chi connectivity index (χ0n) is 34.2. The average molecular weight is 785 g/mol. The number of rotatable bonds is 10. The van der Waals surface area contributed by atoms with E-state index in [2.05, 4.69) is 61.5 Å². The number of aliphatic hydroxyl groups excluding tert-OH is 9. The second-order valence-corrected chi connectivity index (χ2v) is 20.0. The van der Waals surface area contributed by atoms with Crippen LogP contribution in [0.5, 0.6) is 0 Å². The van der Waals surface area contributed by atoms with Crippen LogP contribution in [0.3, 0.4) is 0 Å². The highest BCUT2D eigenvalue weighted by Gasteiger charge is 2.73. The van der Waals surface area contributed by atoms with Crippen molar-refractivity contribution >= 4 is 0 Å². The molecule has 2 saturated heterocycles. The van der Waals surface area contributed by atoms with Crippen molar-refractivity contribution in [3.05, 3.63) is 11.6 Å². The molecule has 0 aromatic rings. The molecule has 2 unspecified atom stereocenters. The second-order valence-electron chi connectivity index (χ2n) is 20.0. The first-order valence-corrected chi connectivity index (χ1v) is 20.9. The second kappa shape index (κ2) is 16.0. The Bertz CT molecular complexity index is 1360. The van der Waals surface area contributed by atoms with E-state index in [-0.39, 0.29) is 34.0 Å². The Morgan fingerprint density at radius 3 is 2.00 bits per heavy atom. The molecule has 0 aromatic carbocycles. The maximum Gasteiger partial charge on any atom is 0.187 e. The van der Waals surface area contributed by atoms with Gasteiger partial charge < -0.3 is 64.9 Å². The van der Waals surface area contributed by atoms with Gasteiger partial charge in [0.1, 0.15) is 48.8 Å². The lowest BCUT2D eigenvalue weighted by Crippen LogP contribution is -2.71. The van der Waals surface area contributed by atoms with E-state index in [0.29, 0.717) is 31.1 Å². The standard InChI is InChI=1S/C42H72O13/c1-20(2)10-9-11-21(3)22-12-15-41(7)29(22)23(45)16-27-40(6)14-13-28(46)39(4,5)36(40)24(17-42(27,41)8)52-38-35(33(50)31(48)26(19-44)54-38)55-37-34(51)32(49)30(47)25(18-43)53-37/h10,21-38,43-51H,9,11-19H2,1-8H3/t21-,22?,23+,24-,25+,26-,27+,28-,29-,30+,31-,32-,33+,34+,35-,36?,37+,38-,40+,41+,42+/m0/s1. The number of hydrogen-bond donors (Lipinski definition) is 9. The van der Waals surface area contributed by atoms with Crippen LogP contribution in [0.15, 0.2) is 11.6 Å². The highest BCUT2D eigenvalue weighted by atomic mass is 16.8. The van der Waals surface area contributed by atoms with E-state index >= 15 is 0 Å². The molecule has 0 amide bonds. The Labute approximate surface area is 327 Å². The van der Waals surface area contributed by atoms with Crippen LogP contribution in [0.2, 0.25) is 0 Å². The number of fused-ring (bicyclic) bond motifs is 5. The summed E-state index contributed by atoms with van der Waals surface area (Å²) in [5.41, 5.74) is -0.293. The van der Waals surface area contributed by atoms with Gasteiger partial charge in [-0.1, -0.05) is 53.2 Å². The lowest BCUT2D eigenvalue weighted by molar-refractivity contribution is -0.383. The summed E-state index contributed by atoms with van der Waals surface area (Å²) in [7, 11) is 0. The molecule has 318 valence electrons. The zero-order chi connectivity index (χ0) is 40.6. The molecule has 13 heteroatoms. The summed E-state index contributed by atoms with van der Waals surface area (Å²) < 4.78 is 25.0. The molecule has 21 atom stereocenters. The summed E-state index contributed by atoms with van der Waals surface area (Å²) in [6.07, 6.45) is -8.35. The van der Waals surface area contributed by atoms with Gasteiger partial charge in [0, 0.05) is 0 Å². The van der Waals surface area contributed by atoms with Crippen LogP contribution in [0.1, 0.15) is 107 Å². The van der Waals surface area contributed by atoms with Crippen molar-refractivity contribution in [3.63, 3.8) is 0 Å². The first-order valence-electron chi connectivity index (χ1n) is 20.9. The van der Waals surface area contributed by atoms with E-state index < -0.39 is 98.4 Å². The minimum atomic E-state index is -1.78. The number of hydrogen-bond acceptors (Lipinski definition) is 13. The van der Waals surface area contributed by atoms with Crippen LogP contribution < -0.4 is 0 Å². The average Bonchev–Trinajstić information content (AvgIpc) is 3.50. The van der Waals surface area contributed by atoms with Crippen molar-refractivity contribution in [1.82, 2.24) is 0 Å². The molecule has 6 aliphatic rings. The minimum absolute atomic E-state index is 0.0855. The summed E-state index contributed by atoms with van der Waals surface area (Å²) >= 11 is 0. The Morgan fingerprint density at radius 2 is 1.38 bits per heavy atom. The van der Waals surface area contributed by atoms with Gasteiger partial charge in [-0.05, 0) is 116 Å². The van der Waals surface area contributed by atoms with Crippen LogP contribution in [-0.2, 0) is 18.9 Å². The van der Waals surface area contributed by atoms with Crippen molar-refractivity contribution in [2.24, 2.45) is 51.2 Å². The zero-order valence-corrected chi connectivity index (χ0v) is 34.2. The number of ether oxygens (including phenoxy) is 4. The summed E-state index contributed by atoms with van der Waals surface area (Å²) in [6.45, 7) is 16.4. The quantitative estimate of drug-likeness (QED) is 0.115. The molecule has 4 saturated carbocycles. The monoisotopic (exact) mass is 784 g/mol. The van der Waals surface area contributed by atoms with E-state index in [9.17, 15) is 46.0 Å². The van der Waals surface area contributed by atoms with Crippen LogP contribution >= 0.6 is 0 Å². The lowest BCUT2D eigenvalue weighted by atomic mass is 9.34. The predicted octanol–water partition coefficient (Wildman–Crippen LogP) is 2.00. The van der Waals surface area contributed by atoms with Gasteiger partial charge in [-0.2, -0.15) is 0 Å². The van der Waals surface area contributed by atoms with Crippen LogP contribution in [0.25, 0.3) is 0 Å². The van der Waals surface area contributed by atoms with E-state index in [1.165, 1.54) is 5.57 Å². The maximum atomic E-state index is 12.3. The third-order valence-corrected chi connectivity index (χ3v) is 16.5. The molecule has 2 heterocycles. The first kappa shape index (κ1) is 43.8. The molecule has 2 aliphatic heterocycles. The Kier molecular flexibility index (Phi) is 12.7. The van der Waals surface area contributed by atoms with Gasteiger partial charge in [-0.15, -0.1) is 0 Å². The van der Waals surface area contributed by atoms with Gasteiger partial charge in [-0.25, -0.2) is 0 Å². The fraction of sp³-hybridized carbons (Fsp3) is 0.952. The summed E-state index contributed by atoms with van der Waals surface area (Å²) in [4.78, 5) is 0. The molecular weight excluding hydrogens is 712 g/mol. The Morgan fingerprint density at radius 1 is 0.764 bits per heavy atom. The van der Waals surface area contributed by atoms with Crippen molar-refractivity contribution in [2.45, 2.75) is 186 Å². The molecule has 6 rings (SSSR count). The van der Waals surface area contributed by atoms with Gasteiger partial charge in [0.2, 0.25) is 0 Å². The first-order chi connectivity index (χ1) is 25.7. The van der Waals surface area contributed by atoms with E-state index in [1.807, 2.05) is 0 Å². The SMILES string of the molecule is CC(C)=CCC[C@H](C)C1CC[C@]2(C)[C@@H]1[C@H](O)C[C@@H]1[C@@]3(C)CC[C@H](O)C(C)(C)C3[C@@H](O[C@H]3O[C@@H](CO)[C@H](O)[C@@H](O)[C@@H]3O[C@H]3O[C@H](CO)[C@@H](O)[C@H](O)[C@H]3O)C[C@]12C. The lowest BCUT2D eigenvalue weighted by Gasteiger charge is -2.72.